The quantitative estimate of drug-likeness (QED) is 0.372. The summed E-state index contributed by atoms with van der Waals surface area (Å²) in [5.41, 5.74) is 0. The molecule has 0 saturated heterocycles. The van der Waals surface area contributed by atoms with E-state index in [1.807, 2.05) is 0 Å². The van der Waals surface area contributed by atoms with E-state index in [9.17, 15) is 4.79 Å². The zero-order valence-corrected chi connectivity index (χ0v) is 5.86. The van der Waals surface area contributed by atoms with Crippen molar-refractivity contribution >= 4 is 14.0 Å². The van der Waals surface area contributed by atoms with E-state index in [0.717, 1.165) is 0 Å². The Morgan fingerprint density at radius 1 is 1.40 bits per heavy atom. The number of aliphatic hydroxyl groups excluding tert-OH is 1. The largest absolute Gasteiger partial charge is 0.567 e. The highest BCUT2D eigenvalue weighted by atomic mass is 31.2. The van der Waals surface area contributed by atoms with E-state index in [4.69, 9.17) is 19.8 Å². The van der Waals surface area contributed by atoms with Crippen molar-refractivity contribution in [3.05, 3.63) is 0 Å². The SMILES string of the molecule is O=C(CO)CO[P+](O)(O)O. The fraction of sp³-hybridized carbons (Fsp3) is 0.667. The highest BCUT2D eigenvalue weighted by molar-refractivity contribution is 7.53. The lowest BCUT2D eigenvalue weighted by Gasteiger charge is -1.99. The van der Waals surface area contributed by atoms with Crippen molar-refractivity contribution in [2.24, 2.45) is 0 Å². The summed E-state index contributed by atoms with van der Waals surface area (Å²) in [6.45, 7) is -1.45. The average molecular weight is 171 g/mol. The van der Waals surface area contributed by atoms with Gasteiger partial charge in [-0.15, -0.1) is 4.52 Å². The first-order chi connectivity index (χ1) is 4.45. The number of ketones is 1. The lowest BCUT2D eigenvalue weighted by atomic mass is 10.5. The first kappa shape index (κ1) is 9.90. The van der Waals surface area contributed by atoms with Gasteiger partial charge >= 0.3 is 8.17 Å². The monoisotopic (exact) mass is 171 g/mol. The number of hydrogen-bond acceptors (Lipinski definition) is 6. The van der Waals surface area contributed by atoms with Gasteiger partial charge in [-0.3, -0.25) is 4.79 Å². The van der Waals surface area contributed by atoms with Crippen molar-refractivity contribution in [2.75, 3.05) is 13.2 Å². The van der Waals surface area contributed by atoms with Gasteiger partial charge in [0, 0.05) is 0 Å². The lowest BCUT2D eigenvalue weighted by Crippen LogP contribution is -2.12. The molecular formula is C3H8O6P+. The second-order valence-electron chi connectivity index (χ2n) is 1.48. The van der Waals surface area contributed by atoms with Crippen LogP contribution >= 0.6 is 8.17 Å². The molecule has 0 fully saturated rings. The van der Waals surface area contributed by atoms with Crippen molar-refractivity contribution in [2.45, 2.75) is 0 Å². The Labute approximate surface area is 57.4 Å². The lowest BCUT2D eigenvalue weighted by molar-refractivity contribution is -0.124. The molecule has 0 heterocycles. The molecular weight excluding hydrogens is 163 g/mol. The molecule has 0 atom stereocenters. The van der Waals surface area contributed by atoms with Crippen molar-refractivity contribution < 1.29 is 29.1 Å². The predicted octanol–water partition coefficient (Wildman–Crippen LogP) is -1.78. The van der Waals surface area contributed by atoms with Crippen LogP contribution in [-0.4, -0.2) is 38.8 Å². The number of carbonyl (C=O) groups excluding carboxylic acids is 1. The van der Waals surface area contributed by atoms with Crippen LogP contribution in [0, 0.1) is 0 Å². The second-order valence-corrected chi connectivity index (χ2v) is 2.77. The molecule has 0 aliphatic rings. The molecule has 0 aromatic rings. The molecule has 0 rings (SSSR count). The van der Waals surface area contributed by atoms with Crippen LogP contribution in [0.2, 0.25) is 0 Å². The summed E-state index contributed by atoms with van der Waals surface area (Å²) in [5, 5.41) is 8.07. The van der Waals surface area contributed by atoms with Gasteiger partial charge in [0.2, 0.25) is 0 Å². The van der Waals surface area contributed by atoms with Gasteiger partial charge < -0.3 is 5.11 Å². The van der Waals surface area contributed by atoms with Gasteiger partial charge in [0.05, 0.1) is 0 Å². The van der Waals surface area contributed by atoms with Gasteiger partial charge in [-0.2, -0.15) is 14.7 Å². The number of carbonyl (C=O) groups is 1. The molecule has 0 radical (unpaired) electrons. The molecule has 0 aromatic heterocycles. The molecule has 0 aliphatic heterocycles. The summed E-state index contributed by atoms with van der Waals surface area (Å²) in [4.78, 5) is 34.6. The van der Waals surface area contributed by atoms with Crippen LogP contribution in [0.1, 0.15) is 0 Å². The van der Waals surface area contributed by atoms with Gasteiger partial charge in [-0.1, -0.05) is 0 Å². The van der Waals surface area contributed by atoms with Crippen LogP contribution in [0.4, 0.5) is 0 Å². The van der Waals surface area contributed by atoms with E-state index in [1.54, 1.807) is 0 Å². The molecule has 0 spiro atoms. The third-order valence-electron chi connectivity index (χ3n) is 0.575. The van der Waals surface area contributed by atoms with Crippen LogP contribution in [0.25, 0.3) is 0 Å². The van der Waals surface area contributed by atoms with Crippen LogP contribution in [0.15, 0.2) is 0 Å². The first-order valence-electron chi connectivity index (χ1n) is 2.30. The summed E-state index contributed by atoms with van der Waals surface area (Å²) in [7, 11) is -4.31. The smallest absolute Gasteiger partial charge is 0.388 e. The van der Waals surface area contributed by atoms with E-state index >= 15 is 0 Å². The zero-order valence-electron chi connectivity index (χ0n) is 4.97. The van der Waals surface area contributed by atoms with Crippen molar-refractivity contribution in [1.29, 1.82) is 0 Å². The van der Waals surface area contributed by atoms with Gasteiger partial charge in [0.15, 0.2) is 12.4 Å². The average Bonchev–Trinajstić information content (AvgIpc) is 1.81. The molecule has 0 amide bonds. The van der Waals surface area contributed by atoms with E-state index in [-0.39, 0.29) is 0 Å². The molecule has 4 N–H and O–H groups in total. The Morgan fingerprint density at radius 3 is 2.20 bits per heavy atom. The molecule has 0 aromatic carbocycles. The van der Waals surface area contributed by atoms with Gasteiger partial charge in [0.25, 0.3) is 0 Å². The topological polar surface area (TPSA) is 107 Å². The Bertz CT molecular complexity index is 117. The van der Waals surface area contributed by atoms with Crippen LogP contribution in [0.3, 0.4) is 0 Å². The maximum Gasteiger partial charge on any atom is 0.567 e. The predicted molar refractivity (Wildman–Crippen MR) is 31.6 cm³/mol. The second kappa shape index (κ2) is 3.92. The van der Waals surface area contributed by atoms with Crippen LogP contribution < -0.4 is 0 Å². The fourth-order valence-corrected chi connectivity index (χ4v) is 0.521. The van der Waals surface area contributed by atoms with Crippen molar-refractivity contribution in [3.8, 4) is 0 Å². The van der Waals surface area contributed by atoms with Crippen LogP contribution in [0.5, 0.6) is 0 Å². The minimum Gasteiger partial charge on any atom is -0.388 e. The van der Waals surface area contributed by atoms with E-state index < -0.39 is 27.2 Å². The minimum atomic E-state index is -4.31. The summed E-state index contributed by atoms with van der Waals surface area (Å²) >= 11 is 0. The van der Waals surface area contributed by atoms with Gasteiger partial charge in [-0.05, 0) is 0 Å². The molecule has 6 nitrogen and oxygen atoms in total. The number of hydrogen-bond donors (Lipinski definition) is 4. The van der Waals surface area contributed by atoms with E-state index in [2.05, 4.69) is 4.52 Å². The minimum absolute atomic E-state index is 0.701. The third kappa shape index (κ3) is 6.03. The Morgan fingerprint density at radius 2 is 1.90 bits per heavy atom. The molecule has 7 heteroatoms. The fourth-order valence-electron chi connectivity index (χ4n) is 0.204. The molecule has 0 unspecified atom stereocenters. The zero-order chi connectivity index (χ0) is 8.20. The molecule has 0 saturated carbocycles. The third-order valence-corrected chi connectivity index (χ3v) is 1.05. The van der Waals surface area contributed by atoms with E-state index in [0.29, 0.717) is 0 Å². The highest BCUT2D eigenvalue weighted by Crippen LogP contribution is 2.45. The summed E-state index contributed by atoms with van der Waals surface area (Å²) in [6, 6.07) is 0. The normalized spacial score (nSPS) is 11.6. The molecule has 0 aliphatic carbocycles. The Kier molecular flexibility index (Phi) is 3.88. The molecule has 10 heavy (non-hydrogen) atoms. The van der Waals surface area contributed by atoms with E-state index in [1.165, 1.54) is 0 Å². The number of rotatable bonds is 4. The summed E-state index contributed by atoms with van der Waals surface area (Å²) in [5.74, 6) is -0.735. The number of aliphatic hydroxyl groups is 1. The van der Waals surface area contributed by atoms with Gasteiger partial charge in [0.1, 0.15) is 6.61 Å². The first-order valence-corrected chi connectivity index (χ1v) is 3.86. The Hall–Kier alpha value is -0.100. The highest BCUT2D eigenvalue weighted by Gasteiger charge is 2.33. The number of Topliss-reactive ketones (excluding diaryl/α,β-unsaturated/α-hetero) is 1. The van der Waals surface area contributed by atoms with Gasteiger partial charge in [-0.25, -0.2) is 0 Å². The standard InChI is InChI=1S/C3H8O6P/c4-1-3(5)2-9-10(6,7)8/h4,6-8H,1-2H2/q+1. The van der Waals surface area contributed by atoms with Crippen LogP contribution in [-0.2, 0) is 9.32 Å². The maximum absolute atomic E-state index is 10.2. The summed E-state index contributed by atoms with van der Waals surface area (Å²) < 4.78 is 3.85. The van der Waals surface area contributed by atoms with Crippen molar-refractivity contribution in [3.63, 3.8) is 0 Å². The maximum atomic E-state index is 10.2. The van der Waals surface area contributed by atoms with Crippen molar-refractivity contribution in [1.82, 2.24) is 0 Å². The molecule has 0 bridgehead atoms. The molecule has 60 valence electrons. The Balaban J connectivity index is 3.46. The summed E-state index contributed by atoms with van der Waals surface area (Å²) in [6.07, 6.45) is 0.